The molecule has 0 bridgehead atoms. The van der Waals surface area contributed by atoms with Gasteiger partial charge in [0.05, 0.1) is 22.5 Å². The van der Waals surface area contributed by atoms with E-state index in [1.54, 1.807) is 25.1 Å². The Hall–Kier alpha value is -1.23. The first-order chi connectivity index (χ1) is 9.93. The van der Waals surface area contributed by atoms with Crippen LogP contribution in [0, 0.1) is 6.92 Å². The minimum Gasteiger partial charge on any atom is -0.487 e. The molecule has 1 N–H and O–H groups in total. The number of hydrogen-bond donors (Lipinski definition) is 1. The minimum atomic E-state index is -0.660. The smallest absolute Gasteiger partial charge is 0.131 e. The van der Waals surface area contributed by atoms with Crippen LogP contribution in [0.5, 0.6) is 5.75 Å². The molecule has 0 saturated carbocycles. The third-order valence-electron chi connectivity index (χ3n) is 3.24. The Morgan fingerprint density at radius 1 is 1.38 bits per heavy atom. The highest BCUT2D eigenvalue weighted by Gasteiger charge is 2.15. The lowest BCUT2D eigenvalue weighted by molar-refractivity contribution is 0.189. The van der Waals surface area contributed by atoms with Gasteiger partial charge in [-0.05, 0) is 39.0 Å². The highest BCUT2D eigenvalue weighted by molar-refractivity contribution is 6.31. The SMILES string of the molecule is CCn1nc(C)c(Cl)c1COc1ccc(Cl)cc1C(C)O. The molecule has 4 nitrogen and oxygen atoms in total. The van der Waals surface area contributed by atoms with Crippen molar-refractivity contribution in [2.75, 3.05) is 0 Å². The van der Waals surface area contributed by atoms with Crippen molar-refractivity contribution in [2.24, 2.45) is 0 Å². The number of rotatable bonds is 5. The van der Waals surface area contributed by atoms with Gasteiger partial charge in [0.25, 0.3) is 0 Å². The quantitative estimate of drug-likeness (QED) is 0.896. The molecule has 1 unspecified atom stereocenters. The number of halogens is 2. The predicted octanol–water partition coefficient (Wildman–Crippen LogP) is 4.15. The van der Waals surface area contributed by atoms with E-state index in [9.17, 15) is 5.11 Å². The van der Waals surface area contributed by atoms with Gasteiger partial charge in [-0.25, -0.2) is 0 Å². The second kappa shape index (κ2) is 6.69. The second-order valence-corrected chi connectivity index (χ2v) is 5.62. The fraction of sp³-hybridized carbons (Fsp3) is 0.400. The Labute approximate surface area is 134 Å². The normalized spacial score (nSPS) is 12.5. The van der Waals surface area contributed by atoms with Crippen LogP contribution in [-0.2, 0) is 13.2 Å². The van der Waals surface area contributed by atoms with Crippen LogP contribution in [0.3, 0.4) is 0 Å². The fourth-order valence-electron chi connectivity index (χ4n) is 2.13. The third-order valence-corrected chi connectivity index (χ3v) is 3.97. The summed E-state index contributed by atoms with van der Waals surface area (Å²) < 4.78 is 7.63. The first-order valence-electron chi connectivity index (χ1n) is 6.76. The molecule has 0 fully saturated rings. The van der Waals surface area contributed by atoms with E-state index in [-0.39, 0.29) is 6.61 Å². The van der Waals surface area contributed by atoms with Crippen molar-refractivity contribution >= 4 is 23.2 Å². The lowest BCUT2D eigenvalue weighted by Gasteiger charge is -2.14. The zero-order valence-electron chi connectivity index (χ0n) is 12.2. The van der Waals surface area contributed by atoms with Gasteiger partial charge in [0.2, 0.25) is 0 Å². The van der Waals surface area contributed by atoms with Crippen molar-refractivity contribution in [2.45, 2.75) is 40.0 Å². The van der Waals surface area contributed by atoms with Crippen molar-refractivity contribution < 1.29 is 9.84 Å². The van der Waals surface area contributed by atoms with E-state index in [0.717, 1.165) is 17.9 Å². The zero-order chi connectivity index (χ0) is 15.6. The van der Waals surface area contributed by atoms with Crippen molar-refractivity contribution in [3.8, 4) is 5.75 Å². The Bertz CT molecular complexity index is 639. The number of aliphatic hydroxyl groups excluding tert-OH is 1. The maximum absolute atomic E-state index is 9.80. The van der Waals surface area contributed by atoms with Crippen molar-refractivity contribution in [1.82, 2.24) is 9.78 Å². The van der Waals surface area contributed by atoms with Crippen molar-refractivity contribution in [3.05, 3.63) is 45.2 Å². The largest absolute Gasteiger partial charge is 0.487 e. The van der Waals surface area contributed by atoms with Crippen LogP contribution in [0.4, 0.5) is 0 Å². The molecule has 1 heterocycles. The van der Waals surface area contributed by atoms with Gasteiger partial charge in [0, 0.05) is 17.1 Å². The van der Waals surface area contributed by atoms with Gasteiger partial charge in [-0.1, -0.05) is 23.2 Å². The number of aliphatic hydroxyl groups is 1. The Kier molecular flexibility index (Phi) is 5.14. The van der Waals surface area contributed by atoms with Crippen molar-refractivity contribution in [1.29, 1.82) is 0 Å². The van der Waals surface area contributed by atoms with E-state index in [4.69, 9.17) is 27.9 Å². The van der Waals surface area contributed by atoms with E-state index >= 15 is 0 Å². The van der Waals surface area contributed by atoms with Gasteiger partial charge in [0.15, 0.2) is 0 Å². The standard InChI is InChI=1S/C15H18Cl2N2O2/c1-4-19-13(15(17)9(2)18-19)8-21-14-6-5-11(16)7-12(14)10(3)20/h5-7,10,20H,4,8H2,1-3H3. The highest BCUT2D eigenvalue weighted by atomic mass is 35.5. The minimum absolute atomic E-state index is 0.287. The van der Waals surface area contributed by atoms with Crippen LogP contribution in [-0.4, -0.2) is 14.9 Å². The molecule has 2 aromatic rings. The van der Waals surface area contributed by atoms with Gasteiger partial charge >= 0.3 is 0 Å². The molecule has 114 valence electrons. The monoisotopic (exact) mass is 328 g/mol. The first-order valence-corrected chi connectivity index (χ1v) is 7.51. The average molecular weight is 329 g/mol. The molecule has 1 atom stereocenters. The summed E-state index contributed by atoms with van der Waals surface area (Å²) in [7, 11) is 0. The van der Waals surface area contributed by atoms with E-state index in [1.807, 2.05) is 18.5 Å². The molecule has 1 aromatic carbocycles. The molecule has 0 aliphatic rings. The summed E-state index contributed by atoms with van der Waals surface area (Å²) in [5.74, 6) is 0.590. The van der Waals surface area contributed by atoms with E-state index < -0.39 is 6.10 Å². The molecule has 0 saturated heterocycles. The molecule has 2 rings (SSSR count). The number of benzene rings is 1. The van der Waals surface area contributed by atoms with E-state index in [2.05, 4.69) is 5.10 Å². The van der Waals surface area contributed by atoms with Crippen LogP contribution in [0.2, 0.25) is 10.0 Å². The average Bonchev–Trinajstić information content (AvgIpc) is 2.72. The molecule has 1 aromatic heterocycles. The summed E-state index contributed by atoms with van der Waals surface area (Å²) >= 11 is 12.2. The van der Waals surface area contributed by atoms with Gasteiger partial charge in [-0.15, -0.1) is 0 Å². The van der Waals surface area contributed by atoms with E-state index in [0.29, 0.717) is 21.4 Å². The molecule has 0 aliphatic carbocycles. The van der Waals surface area contributed by atoms with Crippen LogP contribution in [0.15, 0.2) is 18.2 Å². The van der Waals surface area contributed by atoms with Gasteiger partial charge in [-0.2, -0.15) is 5.10 Å². The lowest BCUT2D eigenvalue weighted by Crippen LogP contribution is -2.08. The van der Waals surface area contributed by atoms with Crippen LogP contribution in [0.1, 0.15) is 36.9 Å². The van der Waals surface area contributed by atoms with E-state index in [1.165, 1.54) is 0 Å². The highest BCUT2D eigenvalue weighted by Crippen LogP contribution is 2.30. The summed E-state index contributed by atoms with van der Waals surface area (Å²) in [6.45, 7) is 6.54. The van der Waals surface area contributed by atoms with Crippen molar-refractivity contribution in [3.63, 3.8) is 0 Å². The molecular weight excluding hydrogens is 311 g/mol. The zero-order valence-corrected chi connectivity index (χ0v) is 13.7. The number of ether oxygens (including phenoxy) is 1. The Morgan fingerprint density at radius 3 is 2.71 bits per heavy atom. The van der Waals surface area contributed by atoms with Gasteiger partial charge < -0.3 is 9.84 Å². The molecule has 0 radical (unpaired) electrons. The summed E-state index contributed by atoms with van der Waals surface area (Å²) in [5, 5.41) is 15.3. The van der Waals surface area contributed by atoms with Crippen LogP contribution in [0.25, 0.3) is 0 Å². The Morgan fingerprint density at radius 2 is 2.10 bits per heavy atom. The second-order valence-electron chi connectivity index (χ2n) is 4.81. The molecule has 21 heavy (non-hydrogen) atoms. The molecule has 6 heteroatoms. The number of aryl methyl sites for hydroxylation is 2. The molecule has 0 spiro atoms. The summed E-state index contributed by atoms with van der Waals surface area (Å²) in [5.41, 5.74) is 2.25. The summed E-state index contributed by atoms with van der Waals surface area (Å²) in [4.78, 5) is 0. The van der Waals surface area contributed by atoms with Gasteiger partial charge in [-0.3, -0.25) is 4.68 Å². The molecule has 0 amide bonds. The maximum atomic E-state index is 9.80. The van der Waals surface area contributed by atoms with Crippen LogP contribution < -0.4 is 4.74 Å². The molecule has 0 aliphatic heterocycles. The van der Waals surface area contributed by atoms with Crippen LogP contribution >= 0.6 is 23.2 Å². The Balaban J connectivity index is 2.25. The van der Waals surface area contributed by atoms with Gasteiger partial charge in [0.1, 0.15) is 12.4 Å². The number of aromatic nitrogens is 2. The topological polar surface area (TPSA) is 47.3 Å². The summed E-state index contributed by atoms with van der Waals surface area (Å²) in [6.07, 6.45) is -0.660. The summed E-state index contributed by atoms with van der Waals surface area (Å²) in [6, 6.07) is 5.18. The maximum Gasteiger partial charge on any atom is 0.131 e. The third kappa shape index (κ3) is 3.51. The fourth-order valence-corrected chi connectivity index (χ4v) is 2.50. The number of nitrogens with zero attached hydrogens (tertiary/aromatic N) is 2. The molecular formula is C15H18Cl2N2O2. The number of hydrogen-bond acceptors (Lipinski definition) is 3. The first kappa shape index (κ1) is 16.1. The lowest BCUT2D eigenvalue weighted by atomic mass is 10.1. The predicted molar refractivity (Wildman–Crippen MR) is 84.1 cm³/mol.